The first-order valence-electron chi connectivity index (χ1n) is 6.73. The van der Waals surface area contributed by atoms with E-state index in [0.29, 0.717) is 25.9 Å². The van der Waals surface area contributed by atoms with E-state index in [9.17, 15) is 13.2 Å². The zero-order valence-electron chi connectivity index (χ0n) is 12.9. The summed E-state index contributed by atoms with van der Waals surface area (Å²) in [5.74, 6) is 0. The monoisotopic (exact) mass is 307 g/mol. The summed E-state index contributed by atoms with van der Waals surface area (Å²) in [5, 5.41) is 0. The van der Waals surface area contributed by atoms with Gasteiger partial charge in [0.25, 0.3) is 10.1 Å². The predicted octanol–water partition coefficient (Wildman–Crippen LogP) is 2.00. The molecule has 1 aliphatic heterocycles. The van der Waals surface area contributed by atoms with Crippen LogP contribution in [0.2, 0.25) is 0 Å². The first-order chi connectivity index (χ1) is 8.90. The lowest BCUT2D eigenvalue weighted by molar-refractivity contribution is 0.00629. The maximum Gasteiger partial charge on any atom is 0.410 e. The van der Waals surface area contributed by atoms with Crippen molar-refractivity contribution in [2.45, 2.75) is 46.1 Å². The van der Waals surface area contributed by atoms with Crippen LogP contribution >= 0.6 is 0 Å². The van der Waals surface area contributed by atoms with Crippen LogP contribution in [-0.2, 0) is 19.0 Å². The maximum atomic E-state index is 11.9. The third-order valence-corrected chi connectivity index (χ3v) is 3.79. The van der Waals surface area contributed by atoms with Crippen LogP contribution in [0.1, 0.15) is 40.5 Å². The lowest BCUT2D eigenvalue weighted by Crippen LogP contribution is -2.45. The molecule has 0 spiro atoms. The molecule has 0 unspecified atom stereocenters. The Bertz CT molecular complexity index is 444. The summed E-state index contributed by atoms with van der Waals surface area (Å²) in [5.41, 5.74) is -0.723. The van der Waals surface area contributed by atoms with E-state index in [-0.39, 0.29) is 18.1 Å². The molecule has 0 bridgehead atoms. The highest BCUT2D eigenvalue weighted by Crippen LogP contribution is 2.32. The number of rotatable bonds is 3. The Morgan fingerprint density at radius 1 is 1.25 bits per heavy atom. The summed E-state index contributed by atoms with van der Waals surface area (Å²) in [6.07, 6.45) is 2.12. The zero-order valence-corrected chi connectivity index (χ0v) is 13.7. The standard InChI is InChI=1S/C13H25NO5S/c1-12(2,3)19-11(15)14-8-6-13(4,7-9-14)10-18-20(5,16)17/h6-10H2,1-5H3. The molecule has 1 aliphatic rings. The molecule has 0 aromatic carbocycles. The van der Waals surface area contributed by atoms with Gasteiger partial charge in [-0.2, -0.15) is 8.42 Å². The average Bonchev–Trinajstić information content (AvgIpc) is 2.24. The Balaban J connectivity index is 2.48. The smallest absolute Gasteiger partial charge is 0.410 e. The van der Waals surface area contributed by atoms with Gasteiger partial charge in [0.1, 0.15) is 5.60 Å². The number of carbonyl (C=O) groups is 1. The van der Waals surface area contributed by atoms with E-state index in [1.165, 1.54) is 0 Å². The second kappa shape index (κ2) is 5.89. The first kappa shape index (κ1) is 17.2. The topological polar surface area (TPSA) is 72.9 Å². The van der Waals surface area contributed by atoms with Gasteiger partial charge in [0, 0.05) is 13.1 Å². The number of hydrogen-bond acceptors (Lipinski definition) is 5. The molecule has 118 valence electrons. The zero-order chi connectivity index (χ0) is 15.6. The fourth-order valence-corrected chi connectivity index (χ4v) is 2.45. The number of piperidine rings is 1. The van der Waals surface area contributed by atoms with Crippen LogP contribution in [-0.4, -0.2) is 51.0 Å². The highest BCUT2D eigenvalue weighted by Gasteiger charge is 2.34. The lowest BCUT2D eigenvalue weighted by atomic mass is 9.81. The fraction of sp³-hybridized carbons (Fsp3) is 0.923. The largest absolute Gasteiger partial charge is 0.444 e. The first-order valence-corrected chi connectivity index (χ1v) is 8.54. The molecule has 0 radical (unpaired) electrons. The van der Waals surface area contributed by atoms with Crippen molar-refractivity contribution >= 4 is 16.2 Å². The van der Waals surface area contributed by atoms with Crippen LogP contribution in [0.4, 0.5) is 4.79 Å². The van der Waals surface area contributed by atoms with E-state index >= 15 is 0 Å². The molecule has 0 saturated carbocycles. The molecular weight excluding hydrogens is 282 g/mol. The minimum Gasteiger partial charge on any atom is -0.444 e. The normalized spacial score (nSPS) is 19.8. The third-order valence-electron chi connectivity index (χ3n) is 3.24. The summed E-state index contributed by atoms with van der Waals surface area (Å²) in [6, 6.07) is 0. The molecule has 20 heavy (non-hydrogen) atoms. The highest BCUT2D eigenvalue weighted by atomic mass is 32.2. The summed E-state index contributed by atoms with van der Waals surface area (Å²) in [7, 11) is -3.42. The van der Waals surface area contributed by atoms with Gasteiger partial charge in [-0.15, -0.1) is 0 Å². The molecule has 0 aromatic heterocycles. The number of nitrogens with zero attached hydrogens (tertiary/aromatic N) is 1. The number of hydrogen-bond donors (Lipinski definition) is 0. The van der Waals surface area contributed by atoms with E-state index < -0.39 is 15.7 Å². The molecule has 7 heteroatoms. The van der Waals surface area contributed by atoms with Crippen LogP contribution in [0.5, 0.6) is 0 Å². The van der Waals surface area contributed by atoms with Crippen molar-refractivity contribution in [3.05, 3.63) is 0 Å². The van der Waals surface area contributed by atoms with Crippen molar-refractivity contribution < 1.29 is 22.1 Å². The molecule has 1 rings (SSSR count). The van der Waals surface area contributed by atoms with E-state index in [0.717, 1.165) is 6.26 Å². The highest BCUT2D eigenvalue weighted by molar-refractivity contribution is 7.85. The van der Waals surface area contributed by atoms with E-state index in [1.54, 1.807) is 4.90 Å². The number of likely N-dealkylation sites (tertiary alicyclic amines) is 1. The molecule has 0 N–H and O–H groups in total. The Kier molecular flexibility index (Phi) is 5.08. The number of carbonyl (C=O) groups excluding carboxylic acids is 1. The lowest BCUT2D eigenvalue weighted by Gasteiger charge is -2.39. The fourth-order valence-electron chi connectivity index (χ4n) is 1.95. The van der Waals surface area contributed by atoms with Crippen molar-refractivity contribution in [1.82, 2.24) is 4.90 Å². The van der Waals surface area contributed by atoms with Crippen molar-refractivity contribution in [3.8, 4) is 0 Å². The van der Waals surface area contributed by atoms with Gasteiger partial charge in [-0.1, -0.05) is 6.92 Å². The second-order valence-corrected chi connectivity index (χ2v) is 8.39. The molecule has 6 nitrogen and oxygen atoms in total. The van der Waals surface area contributed by atoms with E-state index in [1.807, 2.05) is 27.7 Å². The predicted molar refractivity (Wildman–Crippen MR) is 75.9 cm³/mol. The van der Waals surface area contributed by atoms with Gasteiger partial charge in [-0.3, -0.25) is 4.18 Å². The van der Waals surface area contributed by atoms with Crippen molar-refractivity contribution in [2.75, 3.05) is 26.0 Å². The quantitative estimate of drug-likeness (QED) is 0.746. The van der Waals surface area contributed by atoms with Gasteiger partial charge in [0.2, 0.25) is 0 Å². The van der Waals surface area contributed by atoms with Gasteiger partial charge in [-0.05, 0) is 39.0 Å². The molecule has 0 aliphatic carbocycles. The Hall–Kier alpha value is -0.820. The van der Waals surface area contributed by atoms with Crippen LogP contribution in [0.15, 0.2) is 0 Å². The van der Waals surface area contributed by atoms with Crippen LogP contribution in [0.25, 0.3) is 0 Å². The van der Waals surface area contributed by atoms with Crippen LogP contribution < -0.4 is 0 Å². The second-order valence-electron chi connectivity index (χ2n) is 6.74. The van der Waals surface area contributed by atoms with E-state index in [2.05, 4.69) is 0 Å². The Labute approximate surface area is 121 Å². The molecule has 0 aromatic rings. The number of amides is 1. The molecule has 0 atom stereocenters. The van der Waals surface area contributed by atoms with Crippen molar-refractivity contribution in [1.29, 1.82) is 0 Å². The van der Waals surface area contributed by atoms with Gasteiger partial charge in [-0.25, -0.2) is 4.79 Å². The van der Waals surface area contributed by atoms with Crippen LogP contribution in [0.3, 0.4) is 0 Å². The SMILES string of the molecule is CC1(COS(C)(=O)=O)CCN(C(=O)OC(C)(C)C)CC1. The minimum absolute atomic E-state index is 0.161. The molecular formula is C13H25NO5S. The van der Waals surface area contributed by atoms with Crippen molar-refractivity contribution in [2.24, 2.45) is 5.41 Å². The van der Waals surface area contributed by atoms with E-state index in [4.69, 9.17) is 8.92 Å². The number of ether oxygens (including phenoxy) is 1. The molecule has 1 amide bonds. The minimum atomic E-state index is -3.42. The van der Waals surface area contributed by atoms with Gasteiger partial charge >= 0.3 is 6.09 Å². The average molecular weight is 307 g/mol. The van der Waals surface area contributed by atoms with Crippen molar-refractivity contribution in [3.63, 3.8) is 0 Å². The molecule has 1 saturated heterocycles. The van der Waals surface area contributed by atoms with Gasteiger partial charge < -0.3 is 9.64 Å². The Morgan fingerprint density at radius 2 is 1.75 bits per heavy atom. The summed E-state index contributed by atoms with van der Waals surface area (Å²) >= 11 is 0. The Morgan fingerprint density at radius 3 is 2.15 bits per heavy atom. The summed E-state index contributed by atoms with van der Waals surface area (Å²) in [6.45, 7) is 8.74. The molecule has 1 fully saturated rings. The van der Waals surface area contributed by atoms with Gasteiger partial charge in [0.15, 0.2) is 0 Å². The van der Waals surface area contributed by atoms with Crippen LogP contribution in [0, 0.1) is 5.41 Å². The maximum absolute atomic E-state index is 11.9. The molecule has 1 heterocycles. The third kappa shape index (κ3) is 6.09. The summed E-state index contributed by atoms with van der Waals surface area (Å²) in [4.78, 5) is 13.6. The van der Waals surface area contributed by atoms with Gasteiger partial charge in [0.05, 0.1) is 12.9 Å². The summed E-state index contributed by atoms with van der Waals surface area (Å²) < 4.78 is 32.3.